The van der Waals surface area contributed by atoms with Crippen molar-refractivity contribution in [1.82, 2.24) is 24.8 Å². The van der Waals surface area contributed by atoms with Gasteiger partial charge in [0.15, 0.2) is 5.82 Å². The summed E-state index contributed by atoms with van der Waals surface area (Å²) in [5, 5.41) is 3.12. The van der Waals surface area contributed by atoms with Crippen molar-refractivity contribution in [3.63, 3.8) is 0 Å². The summed E-state index contributed by atoms with van der Waals surface area (Å²) < 4.78 is 0. The lowest BCUT2D eigenvalue weighted by Gasteiger charge is -2.34. The molecule has 0 aromatic carbocycles. The lowest BCUT2D eigenvalue weighted by Crippen LogP contribution is -2.43. The number of pyridine rings is 1. The van der Waals surface area contributed by atoms with Crippen LogP contribution in [0.15, 0.2) is 30.6 Å². The number of likely N-dealkylation sites (tertiary alicyclic amines) is 2. The number of nitrogens with one attached hydrogen (secondary N) is 1. The highest BCUT2D eigenvalue weighted by Gasteiger charge is 2.37. The van der Waals surface area contributed by atoms with Crippen molar-refractivity contribution in [3.05, 3.63) is 36.3 Å². The van der Waals surface area contributed by atoms with E-state index in [4.69, 9.17) is 4.98 Å². The molecule has 8 nitrogen and oxygen atoms in total. The molecule has 0 aliphatic carbocycles. The van der Waals surface area contributed by atoms with E-state index in [1.165, 1.54) is 0 Å². The SMILES string of the molecule is CCN1CC(C(=O)N2CCCC(c3cc(NC)nc(-c4ccncc4)n3)C2)CC1=O.Cl. The van der Waals surface area contributed by atoms with Crippen LogP contribution in [0.3, 0.4) is 0 Å². The summed E-state index contributed by atoms with van der Waals surface area (Å²) in [5.41, 5.74) is 1.85. The maximum Gasteiger partial charge on any atom is 0.228 e. The normalized spacial score (nSPS) is 21.0. The number of amides is 2. The minimum Gasteiger partial charge on any atom is -0.373 e. The van der Waals surface area contributed by atoms with Crippen LogP contribution in [0.2, 0.25) is 0 Å². The van der Waals surface area contributed by atoms with E-state index in [1.54, 1.807) is 17.3 Å². The first-order valence-corrected chi connectivity index (χ1v) is 10.6. The molecule has 0 saturated carbocycles. The Bertz CT molecular complexity index is 925. The number of hydrogen-bond acceptors (Lipinski definition) is 6. The molecular formula is C22H29ClN6O2. The first-order chi connectivity index (χ1) is 14.6. The van der Waals surface area contributed by atoms with Crippen LogP contribution in [0, 0.1) is 5.92 Å². The molecule has 0 radical (unpaired) electrons. The van der Waals surface area contributed by atoms with Crippen molar-refractivity contribution in [2.75, 3.05) is 38.5 Å². The van der Waals surface area contributed by atoms with Crippen LogP contribution in [0.25, 0.3) is 11.4 Å². The Hall–Kier alpha value is -2.74. The Kier molecular flexibility index (Phi) is 7.43. The van der Waals surface area contributed by atoms with E-state index in [1.807, 2.05) is 37.1 Å². The lowest BCUT2D eigenvalue weighted by atomic mass is 9.93. The molecule has 4 heterocycles. The van der Waals surface area contributed by atoms with E-state index < -0.39 is 0 Å². The van der Waals surface area contributed by atoms with Gasteiger partial charge in [-0.05, 0) is 31.9 Å². The number of carbonyl (C=O) groups is 2. The second-order valence-corrected chi connectivity index (χ2v) is 7.94. The molecule has 9 heteroatoms. The summed E-state index contributed by atoms with van der Waals surface area (Å²) in [6, 6.07) is 5.76. The predicted octanol–water partition coefficient (Wildman–Crippen LogP) is 2.58. The molecule has 2 aromatic heterocycles. The number of hydrogen-bond donors (Lipinski definition) is 1. The molecule has 2 aliphatic heterocycles. The molecule has 2 atom stereocenters. The van der Waals surface area contributed by atoms with Crippen molar-refractivity contribution >= 4 is 30.0 Å². The summed E-state index contributed by atoms with van der Waals surface area (Å²) in [5.74, 6) is 1.53. The van der Waals surface area contributed by atoms with Gasteiger partial charge in [0.1, 0.15) is 5.82 Å². The molecule has 31 heavy (non-hydrogen) atoms. The summed E-state index contributed by atoms with van der Waals surface area (Å²) in [7, 11) is 1.84. The highest BCUT2D eigenvalue weighted by molar-refractivity contribution is 5.89. The van der Waals surface area contributed by atoms with Gasteiger partial charge in [-0.15, -0.1) is 12.4 Å². The van der Waals surface area contributed by atoms with Crippen LogP contribution in [0.1, 0.15) is 37.8 Å². The topological polar surface area (TPSA) is 91.3 Å². The third kappa shape index (κ3) is 4.95. The lowest BCUT2D eigenvalue weighted by molar-refractivity contribution is -0.137. The van der Waals surface area contributed by atoms with Crippen LogP contribution in [0.4, 0.5) is 5.82 Å². The van der Waals surface area contributed by atoms with E-state index in [2.05, 4.69) is 15.3 Å². The molecule has 2 saturated heterocycles. The number of aromatic nitrogens is 3. The standard InChI is InChI=1S/C22H28N6O2.ClH/c1-3-27-14-17(11-20(27)29)22(30)28-10-4-5-16(13-28)18-12-19(23-2)26-21(25-18)15-6-8-24-9-7-15;/h6-9,12,16-17H,3-5,10-11,13-14H2,1-2H3,(H,23,25,26);1H. The molecule has 2 fully saturated rings. The van der Waals surface area contributed by atoms with Crippen LogP contribution >= 0.6 is 12.4 Å². The van der Waals surface area contributed by atoms with Gasteiger partial charge in [0.2, 0.25) is 11.8 Å². The van der Waals surface area contributed by atoms with Crippen LogP contribution in [-0.2, 0) is 9.59 Å². The van der Waals surface area contributed by atoms with E-state index in [-0.39, 0.29) is 36.1 Å². The van der Waals surface area contributed by atoms with Crippen LogP contribution < -0.4 is 5.32 Å². The Morgan fingerprint density at radius 1 is 1.23 bits per heavy atom. The summed E-state index contributed by atoms with van der Waals surface area (Å²) >= 11 is 0. The van der Waals surface area contributed by atoms with Gasteiger partial charge >= 0.3 is 0 Å². The second-order valence-electron chi connectivity index (χ2n) is 7.94. The fourth-order valence-corrected chi connectivity index (χ4v) is 4.35. The number of anilines is 1. The predicted molar refractivity (Wildman–Crippen MR) is 121 cm³/mol. The van der Waals surface area contributed by atoms with Gasteiger partial charge in [-0.2, -0.15) is 0 Å². The van der Waals surface area contributed by atoms with Crippen LogP contribution in [-0.4, -0.2) is 69.8 Å². The van der Waals surface area contributed by atoms with Gasteiger partial charge in [-0.1, -0.05) is 0 Å². The average Bonchev–Trinajstić information content (AvgIpc) is 3.19. The van der Waals surface area contributed by atoms with Crippen molar-refractivity contribution in [3.8, 4) is 11.4 Å². The highest BCUT2D eigenvalue weighted by atomic mass is 35.5. The number of piperidine rings is 1. The van der Waals surface area contributed by atoms with Gasteiger partial charge in [0.25, 0.3) is 0 Å². The molecule has 0 bridgehead atoms. The van der Waals surface area contributed by atoms with Gasteiger partial charge in [0.05, 0.1) is 11.6 Å². The zero-order chi connectivity index (χ0) is 21.1. The van der Waals surface area contributed by atoms with Gasteiger partial charge < -0.3 is 15.1 Å². The van der Waals surface area contributed by atoms with Crippen LogP contribution in [0.5, 0.6) is 0 Å². The van der Waals surface area contributed by atoms with Crippen molar-refractivity contribution in [2.24, 2.45) is 5.92 Å². The van der Waals surface area contributed by atoms with Gasteiger partial charge in [-0.3, -0.25) is 14.6 Å². The zero-order valence-corrected chi connectivity index (χ0v) is 18.8. The van der Waals surface area contributed by atoms with Crippen molar-refractivity contribution < 1.29 is 9.59 Å². The van der Waals surface area contributed by atoms with E-state index in [0.717, 1.165) is 36.5 Å². The zero-order valence-electron chi connectivity index (χ0n) is 18.0. The largest absolute Gasteiger partial charge is 0.373 e. The summed E-state index contributed by atoms with van der Waals surface area (Å²) in [4.78, 5) is 42.3. The Balaban J connectivity index is 0.00000272. The molecule has 2 aliphatic rings. The maximum absolute atomic E-state index is 13.1. The highest BCUT2D eigenvalue weighted by Crippen LogP contribution is 2.30. The smallest absolute Gasteiger partial charge is 0.228 e. The average molecular weight is 445 g/mol. The number of nitrogens with zero attached hydrogens (tertiary/aromatic N) is 5. The molecule has 1 N–H and O–H groups in total. The molecule has 0 spiro atoms. The summed E-state index contributed by atoms with van der Waals surface area (Å²) in [6.45, 7) is 4.53. The van der Waals surface area contributed by atoms with Crippen molar-refractivity contribution in [2.45, 2.75) is 32.1 Å². The fraction of sp³-hybridized carbons (Fsp3) is 0.500. The first-order valence-electron chi connectivity index (χ1n) is 10.6. The van der Waals surface area contributed by atoms with E-state index >= 15 is 0 Å². The molecular weight excluding hydrogens is 416 g/mol. The first kappa shape index (κ1) is 22.9. The Labute approximate surface area is 188 Å². The fourth-order valence-electron chi connectivity index (χ4n) is 4.35. The van der Waals surface area contributed by atoms with Gasteiger partial charge in [-0.25, -0.2) is 9.97 Å². The van der Waals surface area contributed by atoms with E-state index in [9.17, 15) is 9.59 Å². The molecule has 2 amide bonds. The quantitative estimate of drug-likeness (QED) is 0.762. The molecule has 2 unspecified atom stereocenters. The van der Waals surface area contributed by atoms with Crippen molar-refractivity contribution in [1.29, 1.82) is 0 Å². The third-order valence-electron chi connectivity index (χ3n) is 6.04. The minimum absolute atomic E-state index is 0. The number of rotatable bonds is 5. The Morgan fingerprint density at radius 3 is 2.68 bits per heavy atom. The molecule has 4 rings (SSSR count). The second kappa shape index (κ2) is 10.0. The monoisotopic (exact) mass is 444 g/mol. The molecule has 2 aromatic rings. The minimum atomic E-state index is -0.221. The maximum atomic E-state index is 13.1. The third-order valence-corrected chi connectivity index (χ3v) is 6.04. The van der Waals surface area contributed by atoms with Gasteiger partial charge in [0, 0.05) is 69.6 Å². The number of halogens is 1. The van der Waals surface area contributed by atoms with E-state index in [0.29, 0.717) is 31.9 Å². The number of carbonyl (C=O) groups excluding carboxylic acids is 2. The molecule has 166 valence electrons. The Morgan fingerprint density at radius 2 is 2.00 bits per heavy atom. The summed E-state index contributed by atoms with van der Waals surface area (Å²) in [6.07, 6.45) is 5.70.